The molecule has 7 nitrogen and oxygen atoms in total. The molecule has 2 fully saturated rings. The van der Waals surface area contributed by atoms with Crippen LogP contribution in [0.25, 0.3) is 17.3 Å². The third-order valence-corrected chi connectivity index (χ3v) is 5.76. The third kappa shape index (κ3) is 4.79. The number of amides is 1. The summed E-state index contributed by atoms with van der Waals surface area (Å²) in [6, 6.07) is 9.92. The smallest absolute Gasteiger partial charge is 0.246 e. The zero-order chi connectivity index (χ0) is 21.1. The van der Waals surface area contributed by atoms with Crippen molar-refractivity contribution in [3.63, 3.8) is 0 Å². The minimum atomic E-state index is -0.114. The Kier molecular flexibility index (Phi) is 5.99. The molecule has 0 unspecified atom stereocenters. The van der Waals surface area contributed by atoms with Gasteiger partial charge >= 0.3 is 0 Å². The maximum atomic E-state index is 11.7. The number of phenolic OH excluding ortho intramolecular Hbond substituents is 1. The lowest BCUT2D eigenvalue weighted by Crippen LogP contribution is -2.51. The number of hydrogen-bond acceptors (Lipinski definition) is 6. The second-order valence-corrected chi connectivity index (χ2v) is 8.30. The Morgan fingerprint density at radius 1 is 1.17 bits per heavy atom. The first kappa shape index (κ1) is 20.3. The van der Waals surface area contributed by atoms with E-state index in [4.69, 9.17) is 4.74 Å². The van der Waals surface area contributed by atoms with Crippen LogP contribution in [0.4, 0.5) is 0 Å². The van der Waals surface area contributed by atoms with Crippen molar-refractivity contribution in [3.05, 3.63) is 42.0 Å². The standard InChI is InChI=1S/C23H28N4O3/c1-27(2)23(29)11-7-15-6-8-19(21(28)12-15)20-9-10-22(26-25-20)30-18-13-16-4-3-5-17(14-18)24-16/h6-12,16-18,24,28H,3-5,13-14H2,1-2H3/b11-7+/t16-,17+,18-. The van der Waals surface area contributed by atoms with Gasteiger partial charge in [-0.1, -0.05) is 12.5 Å². The van der Waals surface area contributed by atoms with Crippen molar-refractivity contribution < 1.29 is 14.6 Å². The van der Waals surface area contributed by atoms with Crippen LogP contribution in [0.1, 0.15) is 37.7 Å². The van der Waals surface area contributed by atoms with Gasteiger partial charge in [0.25, 0.3) is 0 Å². The summed E-state index contributed by atoms with van der Waals surface area (Å²) in [6.07, 6.45) is 9.05. The van der Waals surface area contributed by atoms with Gasteiger partial charge < -0.3 is 20.1 Å². The Hall–Kier alpha value is -2.93. The van der Waals surface area contributed by atoms with E-state index in [1.54, 1.807) is 32.3 Å². The lowest BCUT2D eigenvalue weighted by Gasteiger charge is -2.39. The number of hydrogen-bond donors (Lipinski definition) is 2. The van der Waals surface area contributed by atoms with Gasteiger partial charge in [0.05, 0.1) is 5.69 Å². The Morgan fingerprint density at radius 3 is 2.57 bits per heavy atom. The highest BCUT2D eigenvalue weighted by Crippen LogP contribution is 2.31. The van der Waals surface area contributed by atoms with Gasteiger partial charge in [0, 0.05) is 43.9 Å². The number of likely N-dealkylation sites (N-methyl/N-ethyl adjacent to an activating group) is 1. The highest BCUT2D eigenvalue weighted by atomic mass is 16.5. The highest BCUT2D eigenvalue weighted by Gasteiger charge is 2.32. The SMILES string of the molecule is CN(C)C(=O)/C=C/c1ccc(-c2ccc(O[C@@H]3C[C@H]4CCC[C@@H](C3)N4)nn2)c(O)c1. The summed E-state index contributed by atoms with van der Waals surface area (Å²) in [6.45, 7) is 0. The topological polar surface area (TPSA) is 87.6 Å². The van der Waals surface area contributed by atoms with Crippen LogP contribution in [-0.2, 0) is 4.79 Å². The van der Waals surface area contributed by atoms with Gasteiger partial charge in [0.2, 0.25) is 11.8 Å². The van der Waals surface area contributed by atoms with Gasteiger partial charge in [-0.3, -0.25) is 4.79 Å². The summed E-state index contributed by atoms with van der Waals surface area (Å²) in [5.74, 6) is 0.492. The van der Waals surface area contributed by atoms with Crippen LogP contribution >= 0.6 is 0 Å². The number of piperidine rings is 2. The van der Waals surface area contributed by atoms with Gasteiger partial charge in [0.1, 0.15) is 11.9 Å². The van der Waals surface area contributed by atoms with Crippen molar-refractivity contribution in [2.24, 2.45) is 0 Å². The second kappa shape index (κ2) is 8.83. The van der Waals surface area contributed by atoms with Crippen molar-refractivity contribution in [1.82, 2.24) is 20.4 Å². The fourth-order valence-electron chi connectivity index (χ4n) is 4.19. The highest BCUT2D eigenvalue weighted by molar-refractivity contribution is 5.91. The molecule has 0 saturated carbocycles. The number of phenols is 1. The largest absolute Gasteiger partial charge is 0.507 e. The van der Waals surface area contributed by atoms with E-state index in [-0.39, 0.29) is 17.8 Å². The Bertz CT molecular complexity index is 915. The quantitative estimate of drug-likeness (QED) is 0.740. The van der Waals surface area contributed by atoms with E-state index in [1.165, 1.54) is 30.2 Å². The van der Waals surface area contributed by atoms with E-state index in [0.717, 1.165) is 18.4 Å². The number of nitrogens with one attached hydrogen (secondary N) is 1. The average Bonchev–Trinajstić information content (AvgIpc) is 2.72. The van der Waals surface area contributed by atoms with E-state index >= 15 is 0 Å². The van der Waals surface area contributed by atoms with Crippen LogP contribution in [0.2, 0.25) is 0 Å². The van der Waals surface area contributed by atoms with Crippen LogP contribution < -0.4 is 10.1 Å². The Labute approximate surface area is 176 Å². The molecule has 0 aliphatic carbocycles. The van der Waals surface area contributed by atoms with E-state index in [2.05, 4.69) is 15.5 Å². The molecule has 0 spiro atoms. The zero-order valence-electron chi connectivity index (χ0n) is 17.4. The molecule has 2 aliphatic heterocycles. The van der Waals surface area contributed by atoms with Crippen molar-refractivity contribution in [2.45, 2.75) is 50.3 Å². The number of aromatic nitrogens is 2. The fourth-order valence-corrected chi connectivity index (χ4v) is 4.19. The molecule has 0 radical (unpaired) electrons. The number of ether oxygens (including phenoxy) is 1. The molecule has 158 valence electrons. The van der Waals surface area contributed by atoms with E-state index in [9.17, 15) is 9.90 Å². The first-order valence-electron chi connectivity index (χ1n) is 10.5. The molecule has 4 rings (SSSR count). The number of aromatic hydroxyl groups is 1. The van der Waals surface area contributed by atoms with E-state index in [1.807, 2.05) is 18.2 Å². The molecule has 2 aliphatic rings. The van der Waals surface area contributed by atoms with Crippen LogP contribution in [0.15, 0.2) is 36.4 Å². The number of nitrogens with zero attached hydrogens (tertiary/aromatic N) is 3. The molecule has 2 bridgehead atoms. The van der Waals surface area contributed by atoms with Crippen molar-refractivity contribution >= 4 is 12.0 Å². The predicted octanol–water partition coefficient (Wildman–Crippen LogP) is 3.00. The molecule has 1 amide bonds. The lowest BCUT2D eigenvalue weighted by atomic mass is 9.85. The van der Waals surface area contributed by atoms with Gasteiger partial charge in [-0.2, -0.15) is 0 Å². The normalized spacial score (nSPS) is 23.3. The van der Waals surface area contributed by atoms with Crippen molar-refractivity contribution in [3.8, 4) is 22.9 Å². The maximum Gasteiger partial charge on any atom is 0.246 e. The summed E-state index contributed by atoms with van der Waals surface area (Å²) in [7, 11) is 3.38. The molecule has 2 saturated heterocycles. The minimum Gasteiger partial charge on any atom is -0.507 e. The molecule has 30 heavy (non-hydrogen) atoms. The molecule has 2 aromatic rings. The summed E-state index contributed by atoms with van der Waals surface area (Å²) >= 11 is 0. The Morgan fingerprint density at radius 2 is 1.93 bits per heavy atom. The van der Waals surface area contributed by atoms with Gasteiger partial charge in [-0.05, 0) is 55.5 Å². The zero-order valence-corrected chi connectivity index (χ0v) is 17.4. The number of carbonyl (C=O) groups excluding carboxylic acids is 1. The molecule has 1 aromatic carbocycles. The summed E-state index contributed by atoms with van der Waals surface area (Å²) in [5.41, 5.74) is 1.89. The average molecular weight is 409 g/mol. The van der Waals surface area contributed by atoms with Crippen LogP contribution in [0, 0.1) is 0 Å². The fraction of sp³-hybridized carbons (Fsp3) is 0.435. The summed E-state index contributed by atoms with van der Waals surface area (Å²) < 4.78 is 6.08. The van der Waals surface area contributed by atoms with Crippen molar-refractivity contribution in [1.29, 1.82) is 0 Å². The number of fused-ring (bicyclic) bond motifs is 2. The maximum absolute atomic E-state index is 11.7. The first-order valence-corrected chi connectivity index (χ1v) is 10.5. The van der Waals surface area contributed by atoms with Crippen LogP contribution in [-0.4, -0.2) is 58.4 Å². The molecule has 3 atom stereocenters. The van der Waals surface area contributed by atoms with Gasteiger partial charge in [-0.25, -0.2) is 0 Å². The van der Waals surface area contributed by atoms with Gasteiger partial charge in [-0.15, -0.1) is 10.2 Å². The second-order valence-electron chi connectivity index (χ2n) is 8.30. The molecular weight excluding hydrogens is 380 g/mol. The lowest BCUT2D eigenvalue weighted by molar-refractivity contribution is -0.123. The third-order valence-electron chi connectivity index (χ3n) is 5.76. The monoisotopic (exact) mass is 408 g/mol. The summed E-state index contributed by atoms with van der Waals surface area (Å²) in [5, 5.41) is 22.5. The number of carbonyl (C=O) groups is 1. The summed E-state index contributed by atoms with van der Waals surface area (Å²) in [4.78, 5) is 13.1. The van der Waals surface area contributed by atoms with E-state index in [0.29, 0.717) is 29.2 Å². The number of rotatable bonds is 5. The van der Waals surface area contributed by atoms with Crippen LogP contribution in [0.5, 0.6) is 11.6 Å². The van der Waals surface area contributed by atoms with Crippen LogP contribution in [0.3, 0.4) is 0 Å². The van der Waals surface area contributed by atoms with Crippen molar-refractivity contribution in [2.75, 3.05) is 14.1 Å². The molecule has 1 aromatic heterocycles. The Balaban J connectivity index is 1.42. The van der Waals surface area contributed by atoms with E-state index < -0.39 is 0 Å². The predicted molar refractivity (Wildman–Crippen MR) is 115 cm³/mol. The number of benzene rings is 1. The molecule has 7 heteroatoms. The molecule has 3 heterocycles. The molecule has 2 N–H and O–H groups in total. The van der Waals surface area contributed by atoms with Gasteiger partial charge in [0.15, 0.2) is 0 Å². The first-order chi connectivity index (χ1) is 14.5. The molecular formula is C23H28N4O3. The minimum absolute atomic E-state index is 0.0867.